The molecule has 3 aliphatic carbocycles. The predicted octanol–water partition coefficient (Wildman–Crippen LogP) is 2.34. The van der Waals surface area contributed by atoms with Crippen LogP contribution in [0.5, 0.6) is 0 Å². The van der Waals surface area contributed by atoms with Gasteiger partial charge in [-0.3, -0.25) is 4.79 Å². The van der Waals surface area contributed by atoms with E-state index in [1.165, 1.54) is 25.7 Å². The van der Waals surface area contributed by atoms with Crippen LogP contribution >= 0.6 is 12.4 Å². The molecule has 4 atom stereocenters. The fraction of sp³-hybridized carbons (Fsp3) is 0.941. The van der Waals surface area contributed by atoms with Crippen LogP contribution in [0.15, 0.2) is 0 Å². The number of halogens is 1. The Balaban J connectivity index is 0.00000144. The van der Waals surface area contributed by atoms with Gasteiger partial charge in [-0.05, 0) is 56.8 Å². The van der Waals surface area contributed by atoms with Gasteiger partial charge in [0.25, 0.3) is 0 Å². The van der Waals surface area contributed by atoms with Crippen molar-refractivity contribution in [1.82, 2.24) is 4.90 Å². The number of fused-ring (bicyclic) bond motifs is 3. The number of hydrogen-bond acceptors (Lipinski definition) is 3. The van der Waals surface area contributed by atoms with Crippen molar-refractivity contribution in [3.63, 3.8) is 0 Å². The van der Waals surface area contributed by atoms with Gasteiger partial charge in [-0.25, -0.2) is 0 Å². The molecule has 0 radical (unpaired) electrons. The first kappa shape index (κ1) is 16.5. The summed E-state index contributed by atoms with van der Waals surface area (Å²) < 4.78 is 5.85. The van der Waals surface area contributed by atoms with Crippen LogP contribution in [-0.2, 0) is 9.53 Å². The van der Waals surface area contributed by atoms with Crippen molar-refractivity contribution >= 4 is 18.3 Å². The van der Waals surface area contributed by atoms with Gasteiger partial charge in [0.15, 0.2) is 0 Å². The number of nitrogens with two attached hydrogens (primary N) is 1. The van der Waals surface area contributed by atoms with Crippen LogP contribution in [0, 0.1) is 17.8 Å². The highest BCUT2D eigenvalue weighted by atomic mass is 35.5. The maximum absolute atomic E-state index is 13.1. The van der Waals surface area contributed by atoms with Gasteiger partial charge in [-0.2, -0.15) is 0 Å². The van der Waals surface area contributed by atoms with E-state index in [0.29, 0.717) is 35.9 Å². The summed E-state index contributed by atoms with van der Waals surface area (Å²) in [4.78, 5) is 15.2. The zero-order chi connectivity index (χ0) is 14.4. The van der Waals surface area contributed by atoms with Crippen LogP contribution in [0.25, 0.3) is 0 Å². The number of ether oxygens (including phenoxy) is 1. The first-order chi connectivity index (χ1) is 10.2. The molecular formula is C17H29ClN2O2. The predicted molar refractivity (Wildman–Crippen MR) is 87.9 cm³/mol. The molecule has 0 spiro atoms. The van der Waals surface area contributed by atoms with E-state index in [9.17, 15) is 4.79 Å². The molecule has 0 aromatic carbocycles. The molecule has 3 saturated carbocycles. The van der Waals surface area contributed by atoms with Gasteiger partial charge in [0, 0.05) is 18.5 Å². The fourth-order valence-electron chi connectivity index (χ4n) is 5.42. The Hall–Kier alpha value is -0.320. The minimum Gasteiger partial charge on any atom is -0.374 e. The third kappa shape index (κ3) is 2.78. The molecule has 0 aromatic rings. The van der Waals surface area contributed by atoms with Gasteiger partial charge in [-0.1, -0.05) is 6.42 Å². The molecule has 4 nitrogen and oxygen atoms in total. The lowest BCUT2D eigenvalue weighted by molar-refractivity contribution is -0.151. The Morgan fingerprint density at radius 1 is 1.05 bits per heavy atom. The molecule has 5 heteroatoms. The van der Waals surface area contributed by atoms with E-state index in [-0.39, 0.29) is 18.3 Å². The van der Waals surface area contributed by atoms with Crippen molar-refractivity contribution in [3.8, 4) is 0 Å². The topological polar surface area (TPSA) is 55.6 Å². The van der Waals surface area contributed by atoms with Crippen LogP contribution in [0.2, 0.25) is 0 Å². The maximum atomic E-state index is 13.1. The highest BCUT2D eigenvalue weighted by molar-refractivity contribution is 5.85. The number of carbonyl (C=O) groups is 1. The van der Waals surface area contributed by atoms with E-state index in [1.54, 1.807) is 0 Å². The molecule has 4 rings (SSSR count). The van der Waals surface area contributed by atoms with Crippen molar-refractivity contribution in [1.29, 1.82) is 0 Å². The first-order valence-corrected chi connectivity index (χ1v) is 8.91. The van der Waals surface area contributed by atoms with Crippen LogP contribution in [-0.4, -0.2) is 42.1 Å². The average molecular weight is 329 g/mol. The van der Waals surface area contributed by atoms with Crippen molar-refractivity contribution in [3.05, 3.63) is 0 Å². The summed E-state index contributed by atoms with van der Waals surface area (Å²) in [6.45, 7) is 1.53. The van der Waals surface area contributed by atoms with Crippen molar-refractivity contribution < 1.29 is 9.53 Å². The number of rotatable bonds is 1. The molecule has 0 aromatic heterocycles. The molecule has 1 heterocycles. The lowest BCUT2D eigenvalue weighted by Gasteiger charge is -2.46. The number of amides is 1. The Labute approximate surface area is 139 Å². The summed E-state index contributed by atoms with van der Waals surface area (Å²) in [6, 6.07) is 0.716. The quantitative estimate of drug-likeness (QED) is 0.804. The molecule has 2 bridgehead atoms. The van der Waals surface area contributed by atoms with Crippen molar-refractivity contribution in [2.45, 2.75) is 69.6 Å². The summed E-state index contributed by atoms with van der Waals surface area (Å²) >= 11 is 0. The average Bonchev–Trinajstić information content (AvgIpc) is 2.94. The number of carbonyl (C=O) groups excluding carboxylic acids is 1. The second-order valence-electron chi connectivity index (χ2n) is 7.64. The molecule has 4 unspecified atom stereocenters. The van der Waals surface area contributed by atoms with E-state index in [4.69, 9.17) is 10.5 Å². The number of nitrogens with zero attached hydrogens (tertiary/aromatic N) is 1. The standard InChI is InChI=1S/C17H28N2O2.ClH/c18-16-11-3-1-4-12(16)10-13(9-11)17(20)19-7-8-21-15-6-2-5-14(15)19;/h11-16H,1-10,18H2;1H. The molecule has 22 heavy (non-hydrogen) atoms. The maximum Gasteiger partial charge on any atom is 0.226 e. The van der Waals surface area contributed by atoms with Crippen LogP contribution < -0.4 is 5.73 Å². The Bertz CT molecular complexity index is 405. The molecule has 1 aliphatic heterocycles. The second-order valence-corrected chi connectivity index (χ2v) is 7.64. The van der Waals surface area contributed by atoms with E-state index in [2.05, 4.69) is 4.90 Å². The fourth-order valence-corrected chi connectivity index (χ4v) is 5.42. The SMILES string of the molecule is Cl.NC1C2CCCC1CC(C(=O)N1CCOC3CCCC31)C2. The van der Waals surface area contributed by atoms with E-state index in [0.717, 1.165) is 38.8 Å². The zero-order valence-electron chi connectivity index (χ0n) is 13.3. The first-order valence-electron chi connectivity index (χ1n) is 8.91. The largest absolute Gasteiger partial charge is 0.374 e. The van der Waals surface area contributed by atoms with Crippen LogP contribution in [0.4, 0.5) is 0 Å². The lowest BCUT2D eigenvalue weighted by atomic mass is 9.65. The lowest BCUT2D eigenvalue weighted by Crippen LogP contribution is -2.55. The molecule has 2 N–H and O–H groups in total. The van der Waals surface area contributed by atoms with Gasteiger partial charge < -0.3 is 15.4 Å². The van der Waals surface area contributed by atoms with E-state index >= 15 is 0 Å². The monoisotopic (exact) mass is 328 g/mol. The second kappa shape index (κ2) is 6.66. The smallest absolute Gasteiger partial charge is 0.226 e. The van der Waals surface area contributed by atoms with Crippen molar-refractivity contribution in [2.24, 2.45) is 23.5 Å². The van der Waals surface area contributed by atoms with Gasteiger partial charge in [0.05, 0.1) is 18.8 Å². The van der Waals surface area contributed by atoms with Crippen LogP contribution in [0.3, 0.4) is 0 Å². The molecule has 1 saturated heterocycles. The number of hydrogen-bond donors (Lipinski definition) is 1. The molecular weight excluding hydrogens is 300 g/mol. The normalized spacial score (nSPS) is 44.1. The molecule has 4 fully saturated rings. The Kier molecular flexibility index (Phi) is 5.01. The minimum absolute atomic E-state index is 0. The zero-order valence-corrected chi connectivity index (χ0v) is 14.1. The summed E-state index contributed by atoms with van der Waals surface area (Å²) in [5.41, 5.74) is 6.37. The summed E-state index contributed by atoms with van der Waals surface area (Å²) in [5, 5.41) is 0. The van der Waals surface area contributed by atoms with Gasteiger partial charge in [0.1, 0.15) is 0 Å². The van der Waals surface area contributed by atoms with E-state index < -0.39 is 0 Å². The Morgan fingerprint density at radius 3 is 2.45 bits per heavy atom. The highest BCUT2D eigenvalue weighted by Gasteiger charge is 2.45. The number of morpholine rings is 1. The molecule has 126 valence electrons. The van der Waals surface area contributed by atoms with E-state index in [1.807, 2.05) is 0 Å². The van der Waals surface area contributed by atoms with Gasteiger partial charge >= 0.3 is 0 Å². The Morgan fingerprint density at radius 2 is 1.73 bits per heavy atom. The third-order valence-electron chi connectivity index (χ3n) is 6.53. The minimum atomic E-state index is 0. The highest BCUT2D eigenvalue weighted by Crippen LogP contribution is 2.43. The van der Waals surface area contributed by atoms with Crippen LogP contribution in [0.1, 0.15) is 51.4 Å². The van der Waals surface area contributed by atoms with Crippen molar-refractivity contribution in [2.75, 3.05) is 13.2 Å². The third-order valence-corrected chi connectivity index (χ3v) is 6.53. The molecule has 1 amide bonds. The van der Waals surface area contributed by atoms with Gasteiger partial charge in [0.2, 0.25) is 5.91 Å². The van der Waals surface area contributed by atoms with Gasteiger partial charge in [-0.15, -0.1) is 12.4 Å². The summed E-state index contributed by atoms with van der Waals surface area (Å²) in [5.74, 6) is 1.83. The molecule has 4 aliphatic rings. The summed E-state index contributed by atoms with van der Waals surface area (Å²) in [6.07, 6.45) is 9.63. The summed E-state index contributed by atoms with van der Waals surface area (Å²) in [7, 11) is 0.